The van der Waals surface area contributed by atoms with Crippen LogP contribution >= 0.6 is 11.8 Å². The van der Waals surface area contributed by atoms with Crippen LogP contribution in [0.15, 0.2) is 59.0 Å². The Labute approximate surface area is 148 Å². The summed E-state index contributed by atoms with van der Waals surface area (Å²) in [6.45, 7) is 3.68. The Hall–Kier alpha value is -1.84. The van der Waals surface area contributed by atoms with E-state index in [1.165, 1.54) is 27.2 Å². The molecule has 0 atom stereocenters. The van der Waals surface area contributed by atoms with E-state index in [-0.39, 0.29) is 5.78 Å². The minimum Gasteiger partial charge on any atom is -0.316 e. The summed E-state index contributed by atoms with van der Waals surface area (Å²) in [5, 5.41) is 3.43. The molecule has 2 aromatic rings. The summed E-state index contributed by atoms with van der Waals surface area (Å²) in [4.78, 5) is 12.8. The highest BCUT2D eigenvalue weighted by Crippen LogP contribution is 2.32. The summed E-state index contributed by atoms with van der Waals surface area (Å²) >= 11 is 1.76. The summed E-state index contributed by atoms with van der Waals surface area (Å²) in [7, 11) is 0. The molecule has 124 valence electrons. The molecule has 1 heterocycles. The van der Waals surface area contributed by atoms with E-state index in [4.69, 9.17) is 0 Å². The van der Waals surface area contributed by atoms with Gasteiger partial charge in [-0.2, -0.15) is 0 Å². The summed E-state index contributed by atoms with van der Waals surface area (Å²) in [5.41, 5.74) is 6.07. The van der Waals surface area contributed by atoms with E-state index in [0.717, 1.165) is 31.5 Å². The molecule has 0 radical (unpaired) electrons. The zero-order chi connectivity index (χ0) is 16.9. The lowest BCUT2D eigenvalue weighted by molar-refractivity contribution is 0.101. The molecule has 2 aromatic carbocycles. The summed E-state index contributed by atoms with van der Waals surface area (Å²) < 4.78 is 0. The fraction of sp³-hybridized carbons (Fsp3) is 0.286. The first-order valence-corrected chi connectivity index (χ1v) is 9.60. The molecule has 0 bridgehead atoms. The van der Waals surface area contributed by atoms with Crippen LogP contribution in [0.4, 0.5) is 0 Å². The van der Waals surface area contributed by atoms with Crippen LogP contribution in [0, 0.1) is 0 Å². The van der Waals surface area contributed by atoms with E-state index >= 15 is 0 Å². The number of hydrogen-bond donors (Lipinski definition) is 1. The molecule has 24 heavy (non-hydrogen) atoms. The molecular formula is C21H23NOS. The molecule has 1 saturated heterocycles. The number of benzene rings is 2. The van der Waals surface area contributed by atoms with Crippen molar-refractivity contribution in [2.45, 2.75) is 24.7 Å². The first-order chi connectivity index (χ1) is 11.7. The molecule has 3 rings (SSSR count). The van der Waals surface area contributed by atoms with Crippen molar-refractivity contribution >= 4 is 23.1 Å². The van der Waals surface area contributed by atoms with E-state index in [1.54, 1.807) is 18.7 Å². The largest absolute Gasteiger partial charge is 0.316 e. The third kappa shape index (κ3) is 3.80. The second-order valence-corrected chi connectivity index (χ2v) is 6.97. The highest BCUT2D eigenvalue weighted by Gasteiger charge is 2.15. The topological polar surface area (TPSA) is 29.1 Å². The van der Waals surface area contributed by atoms with Crippen LogP contribution in [0.1, 0.15) is 41.3 Å². The molecule has 0 unspecified atom stereocenters. The highest BCUT2D eigenvalue weighted by molar-refractivity contribution is 7.98. The minimum absolute atomic E-state index is 0.113. The molecule has 0 saturated carbocycles. The Kier molecular flexibility index (Phi) is 5.54. The maximum absolute atomic E-state index is 11.5. The Balaban J connectivity index is 2.06. The maximum atomic E-state index is 11.5. The second kappa shape index (κ2) is 7.82. The minimum atomic E-state index is 0.113. The Morgan fingerprint density at radius 3 is 1.88 bits per heavy atom. The molecule has 0 amide bonds. The zero-order valence-corrected chi connectivity index (χ0v) is 15.1. The van der Waals surface area contributed by atoms with Crippen molar-refractivity contribution in [2.24, 2.45) is 0 Å². The van der Waals surface area contributed by atoms with E-state index in [1.807, 2.05) is 12.1 Å². The smallest absolute Gasteiger partial charge is 0.159 e. The van der Waals surface area contributed by atoms with Gasteiger partial charge in [0, 0.05) is 10.5 Å². The van der Waals surface area contributed by atoms with Crippen LogP contribution in [-0.4, -0.2) is 25.1 Å². The lowest BCUT2D eigenvalue weighted by atomic mass is 9.88. The number of nitrogens with one attached hydrogen (secondary N) is 1. The fourth-order valence-electron chi connectivity index (χ4n) is 3.18. The number of hydrogen-bond acceptors (Lipinski definition) is 3. The quantitative estimate of drug-likeness (QED) is 0.642. The third-order valence-electron chi connectivity index (χ3n) is 4.52. The lowest BCUT2D eigenvalue weighted by Gasteiger charge is -2.21. The first-order valence-electron chi connectivity index (χ1n) is 8.37. The number of Topliss-reactive ketones (excluding diaryl/α,β-unsaturated/α-hetero) is 1. The van der Waals surface area contributed by atoms with Gasteiger partial charge >= 0.3 is 0 Å². The highest BCUT2D eigenvalue weighted by atomic mass is 32.2. The SMILES string of the molecule is CSc1ccc(C(=C2CCNCC2)c2ccc(C(C)=O)cc2)cc1. The molecule has 3 heteroatoms. The molecule has 0 spiro atoms. The van der Waals surface area contributed by atoms with Crippen LogP contribution in [-0.2, 0) is 0 Å². The Bertz CT molecular complexity index is 736. The van der Waals surface area contributed by atoms with Crippen molar-refractivity contribution in [3.8, 4) is 0 Å². The van der Waals surface area contributed by atoms with Gasteiger partial charge in [-0.3, -0.25) is 4.79 Å². The maximum Gasteiger partial charge on any atom is 0.159 e. The van der Waals surface area contributed by atoms with Gasteiger partial charge in [-0.15, -0.1) is 11.8 Å². The fourth-order valence-corrected chi connectivity index (χ4v) is 3.59. The van der Waals surface area contributed by atoms with Crippen LogP contribution in [0.5, 0.6) is 0 Å². The summed E-state index contributed by atoms with van der Waals surface area (Å²) in [6, 6.07) is 16.9. The van der Waals surface area contributed by atoms with Gasteiger partial charge < -0.3 is 5.32 Å². The van der Waals surface area contributed by atoms with Gasteiger partial charge in [0.15, 0.2) is 5.78 Å². The molecule has 1 fully saturated rings. The zero-order valence-electron chi connectivity index (χ0n) is 14.3. The summed E-state index contributed by atoms with van der Waals surface area (Å²) in [5.74, 6) is 0.113. The summed E-state index contributed by atoms with van der Waals surface area (Å²) in [6.07, 6.45) is 4.25. The lowest BCUT2D eigenvalue weighted by Crippen LogP contribution is -2.23. The van der Waals surface area contributed by atoms with Gasteiger partial charge in [-0.1, -0.05) is 42.0 Å². The normalized spacial score (nSPS) is 14.5. The van der Waals surface area contributed by atoms with Crippen molar-refractivity contribution in [1.82, 2.24) is 5.32 Å². The van der Waals surface area contributed by atoms with E-state index in [2.05, 4.69) is 48.0 Å². The van der Waals surface area contributed by atoms with Crippen LogP contribution in [0.3, 0.4) is 0 Å². The third-order valence-corrected chi connectivity index (χ3v) is 5.26. The molecule has 1 aliphatic heterocycles. The van der Waals surface area contributed by atoms with E-state index in [0.29, 0.717) is 0 Å². The average molecular weight is 337 g/mol. The van der Waals surface area contributed by atoms with Gasteiger partial charge in [0.05, 0.1) is 0 Å². The first kappa shape index (κ1) is 17.0. The molecule has 1 aliphatic rings. The number of ketones is 1. The predicted molar refractivity (Wildman–Crippen MR) is 103 cm³/mol. The van der Waals surface area contributed by atoms with Crippen molar-refractivity contribution in [3.05, 3.63) is 70.8 Å². The van der Waals surface area contributed by atoms with Gasteiger partial charge in [0.2, 0.25) is 0 Å². The Morgan fingerprint density at radius 2 is 1.38 bits per heavy atom. The van der Waals surface area contributed by atoms with Gasteiger partial charge in [0.1, 0.15) is 0 Å². The van der Waals surface area contributed by atoms with Crippen LogP contribution in [0.25, 0.3) is 5.57 Å². The number of thioether (sulfide) groups is 1. The molecule has 2 nitrogen and oxygen atoms in total. The van der Waals surface area contributed by atoms with Crippen molar-refractivity contribution < 1.29 is 4.79 Å². The van der Waals surface area contributed by atoms with Crippen molar-refractivity contribution in [2.75, 3.05) is 19.3 Å². The molecular weight excluding hydrogens is 314 g/mol. The standard InChI is InChI=1S/C21H23NOS/c1-15(23)16-3-5-17(6-4-16)21(19-11-13-22-14-12-19)18-7-9-20(24-2)10-8-18/h3-10,22H,11-14H2,1-2H3. The molecule has 0 aromatic heterocycles. The molecule has 0 aliphatic carbocycles. The van der Waals surface area contributed by atoms with Crippen molar-refractivity contribution in [1.29, 1.82) is 0 Å². The predicted octanol–water partition coefficient (Wildman–Crippen LogP) is 4.80. The number of piperidine rings is 1. The molecule has 1 N–H and O–H groups in total. The van der Waals surface area contributed by atoms with Gasteiger partial charge in [-0.05, 0) is 67.9 Å². The van der Waals surface area contributed by atoms with Gasteiger partial charge in [0.25, 0.3) is 0 Å². The average Bonchev–Trinajstić information content (AvgIpc) is 2.64. The van der Waals surface area contributed by atoms with E-state index in [9.17, 15) is 4.79 Å². The van der Waals surface area contributed by atoms with Crippen LogP contribution in [0.2, 0.25) is 0 Å². The number of carbonyl (C=O) groups is 1. The Morgan fingerprint density at radius 1 is 0.875 bits per heavy atom. The van der Waals surface area contributed by atoms with E-state index < -0.39 is 0 Å². The van der Waals surface area contributed by atoms with Crippen LogP contribution < -0.4 is 5.32 Å². The monoisotopic (exact) mass is 337 g/mol. The van der Waals surface area contributed by atoms with Gasteiger partial charge in [-0.25, -0.2) is 0 Å². The number of carbonyl (C=O) groups excluding carboxylic acids is 1. The van der Waals surface area contributed by atoms with Crippen molar-refractivity contribution in [3.63, 3.8) is 0 Å². The number of rotatable bonds is 4. The second-order valence-electron chi connectivity index (χ2n) is 6.09.